The Bertz CT molecular complexity index is 1250. The monoisotopic (exact) mass is 475 g/mol. The quantitative estimate of drug-likeness (QED) is 0.368. The van der Waals surface area contributed by atoms with Crippen LogP contribution >= 0.6 is 0 Å². The molecule has 0 saturated carbocycles. The van der Waals surface area contributed by atoms with Crippen LogP contribution in [0, 0.1) is 12.8 Å². The molecule has 184 valence electrons. The number of piperazine rings is 1. The van der Waals surface area contributed by atoms with E-state index in [0.717, 1.165) is 37.3 Å². The Labute approximate surface area is 207 Å². The van der Waals surface area contributed by atoms with Gasteiger partial charge in [0, 0.05) is 48.4 Å². The number of anilines is 1. The lowest BCUT2D eigenvalue weighted by atomic mass is 9.92. The lowest BCUT2D eigenvalue weighted by Crippen LogP contribution is -2.44. The van der Waals surface area contributed by atoms with Crippen molar-refractivity contribution in [1.82, 2.24) is 20.5 Å². The van der Waals surface area contributed by atoms with Gasteiger partial charge in [0.1, 0.15) is 22.8 Å². The Balaban J connectivity index is 2.48. The van der Waals surface area contributed by atoms with Gasteiger partial charge in [0.2, 0.25) is 0 Å². The van der Waals surface area contributed by atoms with Crippen LogP contribution in [0.25, 0.3) is 22.0 Å². The zero-order valence-electron chi connectivity index (χ0n) is 21.0. The Morgan fingerprint density at radius 1 is 1.20 bits per heavy atom. The third kappa shape index (κ3) is 5.25. The number of hydrogen-bond acceptors (Lipinski definition) is 6. The summed E-state index contributed by atoms with van der Waals surface area (Å²) in [5.74, 6) is -0.198. The molecule has 0 aromatic carbocycles. The third-order valence-corrected chi connectivity index (χ3v) is 6.07. The van der Waals surface area contributed by atoms with Gasteiger partial charge in [0.15, 0.2) is 5.82 Å². The van der Waals surface area contributed by atoms with Gasteiger partial charge in [0.05, 0.1) is 5.57 Å². The van der Waals surface area contributed by atoms with E-state index in [0.29, 0.717) is 33.7 Å². The first-order valence-corrected chi connectivity index (χ1v) is 11.8. The second-order valence-corrected chi connectivity index (χ2v) is 8.72. The number of halogens is 1. The minimum absolute atomic E-state index is 0.0391. The Morgan fingerprint density at radius 2 is 1.89 bits per heavy atom. The Hall–Kier alpha value is -3.58. The van der Waals surface area contributed by atoms with Crippen LogP contribution in [0.15, 0.2) is 67.3 Å². The topological polar surface area (TPSA) is 74.2 Å². The maximum atomic E-state index is 14.5. The normalized spacial score (nSPS) is 15.9. The summed E-state index contributed by atoms with van der Waals surface area (Å²) in [5, 5.41) is 23.8. The maximum Gasteiger partial charge on any atom is 0.177 e. The molecule has 0 amide bonds. The van der Waals surface area contributed by atoms with Crippen molar-refractivity contribution < 1.29 is 9.50 Å². The van der Waals surface area contributed by atoms with Gasteiger partial charge in [-0.05, 0) is 37.5 Å². The Kier molecular flexibility index (Phi) is 8.35. The summed E-state index contributed by atoms with van der Waals surface area (Å²) in [7, 11) is 0. The molecule has 0 radical (unpaired) electrons. The molecule has 1 saturated heterocycles. The van der Waals surface area contributed by atoms with Gasteiger partial charge >= 0.3 is 0 Å². The van der Waals surface area contributed by atoms with Crippen molar-refractivity contribution in [1.29, 1.82) is 0 Å². The number of nitrogens with one attached hydrogen (secondary N) is 1. The van der Waals surface area contributed by atoms with Crippen molar-refractivity contribution in [3.63, 3.8) is 0 Å². The minimum Gasteiger partial charge on any atom is -0.507 e. The van der Waals surface area contributed by atoms with E-state index in [9.17, 15) is 9.50 Å². The molecule has 0 unspecified atom stereocenters. The molecule has 2 aromatic rings. The Morgan fingerprint density at radius 3 is 2.43 bits per heavy atom. The summed E-state index contributed by atoms with van der Waals surface area (Å²) >= 11 is 0. The van der Waals surface area contributed by atoms with Gasteiger partial charge in [-0.2, -0.15) is 0 Å². The third-order valence-electron chi connectivity index (χ3n) is 6.07. The summed E-state index contributed by atoms with van der Waals surface area (Å²) < 4.78 is 14.5. The molecule has 6 nitrogen and oxygen atoms in total. The van der Waals surface area contributed by atoms with Gasteiger partial charge in [-0.25, -0.2) is 9.37 Å². The first-order chi connectivity index (χ1) is 16.7. The smallest absolute Gasteiger partial charge is 0.177 e. The molecule has 0 spiro atoms. The molecule has 1 aliphatic rings. The van der Waals surface area contributed by atoms with Crippen LogP contribution in [-0.2, 0) is 0 Å². The molecule has 35 heavy (non-hydrogen) atoms. The fraction of sp³-hybridized carbons (Fsp3) is 0.321. The molecule has 0 aliphatic carbocycles. The molecular weight excluding hydrogens is 441 g/mol. The van der Waals surface area contributed by atoms with E-state index in [-0.39, 0.29) is 17.3 Å². The van der Waals surface area contributed by atoms with E-state index in [2.05, 4.69) is 54.0 Å². The molecular formula is C28H34FN5O. The SMILES string of the molecule is C=C/C(O)=C(\C(=C)F)c1cc2c(C(/C=C\C)=C(/C=C)C(C)C)nnc(N3CCNCC3)c2nc1C. The van der Waals surface area contributed by atoms with Crippen LogP contribution < -0.4 is 10.2 Å². The standard InChI is InChI=1S/C28H34FN5O/c1-8-11-21(20(9-2)17(4)5)26-23-16-22(25(18(6)29)24(35)10-3)19(7)31-27(23)28(33-32-26)34-14-12-30-13-15-34/h8-11,16-17,30,35H,2-3,6,12-15H2,1,4-5,7H3/b11-8-,21-20-,25-24-. The van der Waals surface area contributed by atoms with Crippen LogP contribution in [0.5, 0.6) is 0 Å². The van der Waals surface area contributed by atoms with Crippen molar-refractivity contribution in [3.05, 3.63) is 84.2 Å². The number of aryl methyl sites for hydroxylation is 1. The molecule has 0 bridgehead atoms. The predicted molar refractivity (Wildman–Crippen MR) is 144 cm³/mol. The highest BCUT2D eigenvalue weighted by Crippen LogP contribution is 2.36. The van der Waals surface area contributed by atoms with Gasteiger partial charge in [-0.1, -0.05) is 51.8 Å². The van der Waals surface area contributed by atoms with Crippen molar-refractivity contribution in [3.8, 4) is 0 Å². The highest BCUT2D eigenvalue weighted by atomic mass is 19.1. The van der Waals surface area contributed by atoms with Crippen molar-refractivity contribution in [2.45, 2.75) is 27.7 Å². The molecule has 1 fully saturated rings. The lowest BCUT2D eigenvalue weighted by molar-refractivity contribution is 0.433. The molecule has 2 N–H and O–H groups in total. The zero-order valence-corrected chi connectivity index (χ0v) is 21.0. The first-order valence-electron chi connectivity index (χ1n) is 11.8. The summed E-state index contributed by atoms with van der Waals surface area (Å²) in [5.41, 5.74) is 4.10. The number of rotatable bonds is 8. The van der Waals surface area contributed by atoms with E-state index in [1.807, 2.05) is 31.2 Å². The number of allylic oxidation sites excluding steroid dienone is 8. The second-order valence-electron chi connectivity index (χ2n) is 8.72. The van der Waals surface area contributed by atoms with Gasteiger partial charge < -0.3 is 15.3 Å². The zero-order chi connectivity index (χ0) is 25.7. The van der Waals surface area contributed by atoms with Crippen molar-refractivity contribution in [2.24, 2.45) is 5.92 Å². The van der Waals surface area contributed by atoms with Crippen LogP contribution in [0.3, 0.4) is 0 Å². The van der Waals surface area contributed by atoms with Gasteiger partial charge in [-0.3, -0.25) is 0 Å². The highest BCUT2D eigenvalue weighted by molar-refractivity contribution is 6.00. The van der Waals surface area contributed by atoms with Gasteiger partial charge in [0.25, 0.3) is 0 Å². The molecule has 2 aromatic heterocycles. The number of aliphatic hydroxyl groups excluding tert-OH is 1. The number of aromatic nitrogens is 3. The summed E-state index contributed by atoms with van der Waals surface area (Å²) in [6.45, 7) is 22.1. The van der Waals surface area contributed by atoms with E-state index in [1.54, 1.807) is 6.92 Å². The van der Waals surface area contributed by atoms with Crippen LogP contribution in [-0.4, -0.2) is 46.5 Å². The largest absolute Gasteiger partial charge is 0.507 e. The van der Waals surface area contributed by atoms with Crippen LogP contribution in [0.4, 0.5) is 10.2 Å². The number of nitrogens with zero attached hydrogens (tertiary/aromatic N) is 4. The summed E-state index contributed by atoms with van der Waals surface area (Å²) in [4.78, 5) is 7.04. The van der Waals surface area contributed by atoms with Crippen molar-refractivity contribution in [2.75, 3.05) is 31.1 Å². The van der Waals surface area contributed by atoms with Crippen LogP contribution in [0.2, 0.25) is 0 Å². The molecule has 3 rings (SSSR count). The number of hydrogen-bond donors (Lipinski definition) is 2. The first kappa shape index (κ1) is 26.0. The number of fused-ring (bicyclic) bond motifs is 1. The minimum atomic E-state index is -0.768. The second kappa shape index (κ2) is 11.2. The average Bonchev–Trinajstić information content (AvgIpc) is 2.84. The van der Waals surface area contributed by atoms with Crippen molar-refractivity contribution >= 4 is 27.9 Å². The average molecular weight is 476 g/mol. The molecule has 7 heteroatoms. The van der Waals surface area contributed by atoms with E-state index in [1.165, 1.54) is 6.08 Å². The van der Waals surface area contributed by atoms with Crippen LogP contribution in [0.1, 0.15) is 37.7 Å². The fourth-order valence-electron chi connectivity index (χ4n) is 4.36. The maximum absolute atomic E-state index is 14.5. The number of pyridine rings is 1. The number of aliphatic hydroxyl groups is 1. The van der Waals surface area contributed by atoms with E-state index >= 15 is 0 Å². The fourth-order valence-corrected chi connectivity index (χ4v) is 4.36. The summed E-state index contributed by atoms with van der Waals surface area (Å²) in [6, 6.07) is 1.82. The summed E-state index contributed by atoms with van der Waals surface area (Å²) in [6.07, 6.45) is 6.95. The lowest BCUT2D eigenvalue weighted by Gasteiger charge is -2.29. The molecule has 0 atom stereocenters. The van der Waals surface area contributed by atoms with Gasteiger partial charge in [-0.15, -0.1) is 10.2 Å². The molecule has 3 heterocycles. The van der Waals surface area contributed by atoms with E-state index < -0.39 is 5.83 Å². The van der Waals surface area contributed by atoms with E-state index in [4.69, 9.17) is 4.98 Å². The highest BCUT2D eigenvalue weighted by Gasteiger charge is 2.24. The molecule has 1 aliphatic heterocycles. The predicted octanol–water partition coefficient (Wildman–Crippen LogP) is 5.85.